The Labute approximate surface area is 118 Å². The molecule has 0 heterocycles. The van der Waals surface area contributed by atoms with E-state index in [1.54, 1.807) is 0 Å². The maximum absolute atomic E-state index is 12.0. The van der Waals surface area contributed by atoms with Crippen LogP contribution in [0.5, 0.6) is 5.75 Å². The van der Waals surface area contributed by atoms with Gasteiger partial charge in [0, 0.05) is 6.54 Å². The number of hydrogen-bond acceptors (Lipinski definition) is 5. The Morgan fingerprint density at radius 1 is 1.40 bits per heavy atom. The lowest BCUT2D eigenvalue weighted by Crippen LogP contribution is -2.25. The third-order valence-corrected chi connectivity index (χ3v) is 4.16. The fourth-order valence-electron chi connectivity index (χ4n) is 1.52. The van der Waals surface area contributed by atoms with Gasteiger partial charge < -0.3 is 9.84 Å². The summed E-state index contributed by atoms with van der Waals surface area (Å²) < 4.78 is 31.0. The van der Waals surface area contributed by atoms with E-state index in [9.17, 15) is 18.3 Å². The largest absolute Gasteiger partial charge is 0.507 e. The van der Waals surface area contributed by atoms with E-state index in [0.717, 1.165) is 19.2 Å². The minimum Gasteiger partial charge on any atom is -0.507 e. The molecule has 0 unspecified atom stereocenters. The summed E-state index contributed by atoms with van der Waals surface area (Å²) in [4.78, 5) is 11.3. The Kier molecular flexibility index (Phi) is 5.52. The number of aromatic hydroxyl groups is 1. The maximum Gasteiger partial charge on any atom is 0.341 e. The van der Waals surface area contributed by atoms with Gasteiger partial charge in [0.05, 0.1) is 12.0 Å². The molecule has 1 aromatic rings. The molecule has 2 N–H and O–H groups in total. The number of benzene rings is 1. The number of phenolic OH excluding ortho intramolecular Hbond substituents is 1. The number of nitrogens with one attached hydrogen (secondary N) is 1. The van der Waals surface area contributed by atoms with Crippen LogP contribution in [0.3, 0.4) is 0 Å². The predicted molar refractivity (Wildman–Crippen MR) is 74.1 cm³/mol. The van der Waals surface area contributed by atoms with Crippen molar-refractivity contribution in [2.75, 3.05) is 13.7 Å². The van der Waals surface area contributed by atoms with Crippen molar-refractivity contribution in [2.24, 2.45) is 5.92 Å². The van der Waals surface area contributed by atoms with Crippen LogP contribution in [0.4, 0.5) is 0 Å². The fourth-order valence-corrected chi connectivity index (χ4v) is 2.59. The van der Waals surface area contributed by atoms with E-state index in [0.29, 0.717) is 18.9 Å². The van der Waals surface area contributed by atoms with Gasteiger partial charge in [-0.05, 0) is 30.5 Å². The van der Waals surface area contributed by atoms with Gasteiger partial charge in [-0.2, -0.15) is 0 Å². The summed E-state index contributed by atoms with van der Waals surface area (Å²) in [6.07, 6.45) is 0.709. The fraction of sp³-hybridized carbons (Fsp3) is 0.462. The standard InChI is InChI=1S/C13H19NO5S/c1-9(2)6-7-14-20(17,18)10-4-5-12(15)11(8-10)13(16)19-3/h4-5,8-9,14-15H,6-7H2,1-3H3. The predicted octanol–water partition coefficient (Wildman–Crippen LogP) is 1.50. The van der Waals surface area contributed by atoms with Gasteiger partial charge in [-0.1, -0.05) is 13.8 Å². The third kappa shape index (κ3) is 4.21. The van der Waals surface area contributed by atoms with E-state index in [1.807, 2.05) is 13.8 Å². The van der Waals surface area contributed by atoms with Crippen molar-refractivity contribution in [1.29, 1.82) is 0 Å². The Bertz CT molecular complexity index is 580. The molecule has 7 heteroatoms. The van der Waals surface area contributed by atoms with E-state index >= 15 is 0 Å². The van der Waals surface area contributed by atoms with Crippen LogP contribution in [-0.4, -0.2) is 33.1 Å². The number of sulfonamides is 1. The van der Waals surface area contributed by atoms with Gasteiger partial charge in [-0.3, -0.25) is 0 Å². The Hall–Kier alpha value is -1.60. The van der Waals surface area contributed by atoms with Crippen molar-refractivity contribution in [3.63, 3.8) is 0 Å². The van der Waals surface area contributed by atoms with Crippen molar-refractivity contribution in [2.45, 2.75) is 25.2 Å². The van der Waals surface area contributed by atoms with E-state index < -0.39 is 16.0 Å². The molecule has 1 aromatic carbocycles. The summed E-state index contributed by atoms with van der Waals surface area (Å²) in [6, 6.07) is 3.49. The SMILES string of the molecule is COC(=O)c1cc(S(=O)(=O)NCCC(C)C)ccc1O. The number of ether oxygens (including phenoxy) is 1. The number of hydrogen-bond donors (Lipinski definition) is 2. The van der Waals surface area contributed by atoms with Crippen molar-refractivity contribution in [3.05, 3.63) is 23.8 Å². The highest BCUT2D eigenvalue weighted by Gasteiger charge is 2.19. The number of esters is 1. The lowest BCUT2D eigenvalue weighted by atomic mass is 10.1. The first-order chi connectivity index (χ1) is 9.27. The van der Waals surface area contributed by atoms with Gasteiger partial charge in [-0.25, -0.2) is 17.9 Å². The zero-order valence-corrected chi connectivity index (χ0v) is 12.5. The van der Waals surface area contributed by atoms with Crippen LogP contribution in [0.2, 0.25) is 0 Å². The lowest BCUT2D eigenvalue weighted by molar-refractivity contribution is 0.0597. The number of carbonyl (C=O) groups is 1. The van der Waals surface area contributed by atoms with Crippen LogP contribution < -0.4 is 4.72 Å². The van der Waals surface area contributed by atoms with E-state index in [2.05, 4.69) is 9.46 Å². The zero-order valence-electron chi connectivity index (χ0n) is 11.7. The van der Waals surface area contributed by atoms with Crippen LogP contribution in [-0.2, 0) is 14.8 Å². The summed E-state index contributed by atoms with van der Waals surface area (Å²) in [6.45, 7) is 4.29. The molecule has 0 bridgehead atoms. The van der Waals surface area contributed by atoms with Crippen molar-refractivity contribution < 1.29 is 23.1 Å². The quantitative estimate of drug-likeness (QED) is 0.777. The van der Waals surface area contributed by atoms with Crippen molar-refractivity contribution in [1.82, 2.24) is 4.72 Å². The van der Waals surface area contributed by atoms with Gasteiger partial charge in [-0.15, -0.1) is 0 Å². The highest BCUT2D eigenvalue weighted by atomic mass is 32.2. The Balaban J connectivity index is 2.98. The number of rotatable bonds is 6. The molecular weight excluding hydrogens is 282 g/mol. The molecule has 6 nitrogen and oxygen atoms in total. The van der Waals surface area contributed by atoms with Crippen LogP contribution >= 0.6 is 0 Å². The smallest absolute Gasteiger partial charge is 0.341 e. The molecule has 0 amide bonds. The number of phenols is 1. The second kappa shape index (κ2) is 6.71. The summed E-state index contributed by atoms with van der Waals surface area (Å²) >= 11 is 0. The maximum atomic E-state index is 12.0. The summed E-state index contributed by atoms with van der Waals surface area (Å²) in [5, 5.41) is 9.54. The first-order valence-corrected chi connectivity index (χ1v) is 7.67. The lowest BCUT2D eigenvalue weighted by Gasteiger charge is -2.10. The molecular formula is C13H19NO5S. The summed E-state index contributed by atoms with van der Waals surface area (Å²) in [5.74, 6) is -0.733. The molecule has 20 heavy (non-hydrogen) atoms. The molecule has 0 saturated heterocycles. The molecule has 0 atom stereocenters. The Morgan fingerprint density at radius 2 is 2.05 bits per heavy atom. The molecule has 1 rings (SSSR count). The molecule has 0 aliphatic carbocycles. The Morgan fingerprint density at radius 3 is 2.60 bits per heavy atom. The van der Waals surface area contributed by atoms with Gasteiger partial charge in [0.2, 0.25) is 10.0 Å². The minimum atomic E-state index is -3.71. The monoisotopic (exact) mass is 301 g/mol. The first-order valence-electron chi connectivity index (χ1n) is 6.19. The highest BCUT2D eigenvalue weighted by Crippen LogP contribution is 2.22. The van der Waals surface area contributed by atoms with Crippen LogP contribution in [0.25, 0.3) is 0 Å². The summed E-state index contributed by atoms with van der Waals surface area (Å²) in [7, 11) is -2.55. The van der Waals surface area contributed by atoms with Crippen molar-refractivity contribution >= 4 is 16.0 Å². The van der Waals surface area contributed by atoms with Gasteiger partial charge >= 0.3 is 5.97 Å². The molecule has 0 saturated carbocycles. The van der Waals surface area contributed by atoms with Gasteiger partial charge in [0.25, 0.3) is 0 Å². The first kappa shape index (κ1) is 16.5. The van der Waals surface area contributed by atoms with Crippen LogP contribution in [0.1, 0.15) is 30.6 Å². The van der Waals surface area contributed by atoms with E-state index in [4.69, 9.17) is 0 Å². The molecule has 0 radical (unpaired) electrons. The van der Waals surface area contributed by atoms with Gasteiger partial charge in [0.15, 0.2) is 0 Å². The van der Waals surface area contributed by atoms with E-state index in [1.165, 1.54) is 6.07 Å². The minimum absolute atomic E-state index is 0.0838. The summed E-state index contributed by atoms with van der Waals surface area (Å²) in [5.41, 5.74) is -0.181. The van der Waals surface area contributed by atoms with E-state index in [-0.39, 0.29) is 16.2 Å². The topological polar surface area (TPSA) is 92.7 Å². The average Bonchev–Trinajstić information content (AvgIpc) is 2.37. The number of methoxy groups -OCH3 is 1. The van der Waals surface area contributed by atoms with Crippen molar-refractivity contribution in [3.8, 4) is 5.75 Å². The molecule has 0 fully saturated rings. The highest BCUT2D eigenvalue weighted by molar-refractivity contribution is 7.89. The van der Waals surface area contributed by atoms with Gasteiger partial charge in [0.1, 0.15) is 11.3 Å². The molecule has 0 spiro atoms. The molecule has 112 valence electrons. The second-order valence-corrected chi connectivity index (χ2v) is 6.52. The second-order valence-electron chi connectivity index (χ2n) is 4.75. The van der Waals surface area contributed by atoms with Crippen LogP contribution in [0.15, 0.2) is 23.1 Å². The normalized spacial score (nSPS) is 11.6. The molecule has 0 aliphatic heterocycles. The average molecular weight is 301 g/mol. The van der Waals surface area contributed by atoms with Crippen LogP contribution in [0, 0.1) is 5.92 Å². The number of carbonyl (C=O) groups excluding carboxylic acids is 1. The molecule has 0 aromatic heterocycles. The molecule has 0 aliphatic rings. The zero-order chi connectivity index (χ0) is 15.3. The third-order valence-electron chi connectivity index (χ3n) is 2.70.